The molecule has 0 heteroatoms. The van der Waals surface area contributed by atoms with Gasteiger partial charge in [0.15, 0.2) is 0 Å². The van der Waals surface area contributed by atoms with E-state index in [1.54, 1.807) is 0 Å². The van der Waals surface area contributed by atoms with Crippen LogP contribution in [-0.4, -0.2) is 0 Å². The van der Waals surface area contributed by atoms with Gasteiger partial charge in [-0.15, -0.1) is 0 Å². The van der Waals surface area contributed by atoms with Crippen LogP contribution < -0.4 is 0 Å². The number of rotatable bonds is 3. The van der Waals surface area contributed by atoms with E-state index in [1.807, 2.05) is 0 Å². The molecular formula is C14H20. The maximum atomic E-state index is 4.02. The lowest BCUT2D eigenvalue weighted by molar-refractivity contribution is 0.562. The molecule has 0 radical (unpaired) electrons. The highest BCUT2D eigenvalue weighted by atomic mass is 14.2. The molecule has 0 aliphatic heterocycles. The molecule has 0 aliphatic rings. The topological polar surface area (TPSA) is 0 Å². The van der Waals surface area contributed by atoms with Gasteiger partial charge in [0.1, 0.15) is 0 Å². The van der Waals surface area contributed by atoms with Crippen molar-refractivity contribution in [1.29, 1.82) is 0 Å². The zero-order valence-electron chi connectivity index (χ0n) is 9.67. The second kappa shape index (κ2) is 4.45. The maximum absolute atomic E-state index is 4.02. The van der Waals surface area contributed by atoms with Gasteiger partial charge in [-0.3, -0.25) is 0 Å². The first-order valence-corrected chi connectivity index (χ1v) is 5.24. The Labute approximate surface area is 87.7 Å². The van der Waals surface area contributed by atoms with Gasteiger partial charge < -0.3 is 0 Å². The molecule has 2 atom stereocenters. The van der Waals surface area contributed by atoms with E-state index in [0.29, 0.717) is 11.8 Å². The van der Waals surface area contributed by atoms with Crippen molar-refractivity contribution in [2.75, 3.05) is 0 Å². The highest BCUT2D eigenvalue weighted by molar-refractivity contribution is 5.25. The summed E-state index contributed by atoms with van der Waals surface area (Å²) >= 11 is 0. The van der Waals surface area contributed by atoms with E-state index in [2.05, 4.69) is 58.5 Å². The van der Waals surface area contributed by atoms with Gasteiger partial charge in [0.25, 0.3) is 0 Å². The number of aryl methyl sites for hydroxylation is 1. The summed E-state index contributed by atoms with van der Waals surface area (Å²) in [4.78, 5) is 0. The number of hydrogen-bond acceptors (Lipinski definition) is 0. The fourth-order valence-electron chi connectivity index (χ4n) is 1.59. The van der Waals surface area contributed by atoms with E-state index in [1.165, 1.54) is 16.7 Å². The van der Waals surface area contributed by atoms with Crippen molar-refractivity contribution in [3.05, 3.63) is 47.5 Å². The van der Waals surface area contributed by atoms with Gasteiger partial charge in [-0.25, -0.2) is 0 Å². The quantitative estimate of drug-likeness (QED) is 0.620. The molecule has 0 saturated carbocycles. The van der Waals surface area contributed by atoms with Crippen LogP contribution in [0.2, 0.25) is 0 Å². The van der Waals surface area contributed by atoms with Crippen LogP contribution in [-0.2, 0) is 0 Å². The average molecular weight is 188 g/mol. The van der Waals surface area contributed by atoms with Crippen LogP contribution in [0.5, 0.6) is 0 Å². The van der Waals surface area contributed by atoms with Crippen molar-refractivity contribution in [3.63, 3.8) is 0 Å². The predicted molar refractivity (Wildman–Crippen MR) is 63.6 cm³/mol. The lowest BCUT2D eigenvalue weighted by Gasteiger charge is -2.20. The van der Waals surface area contributed by atoms with Gasteiger partial charge in [-0.2, -0.15) is 0 Å². The molecule has 1 rings (SSSR count). The molecule has 1 aromatic carbocycles. The van der Waals surface area contributed by atoms with Crippen molar-refractivity contribution in [3.8, 4) is 0 Å². The third-order valence-corrected chi connectivity index (χ3v) is 3.13. The normalized spacial score (nSPS) is 14.9. The first-order chi connectivity index (χ1) is 6.52. The molecule has 0 heterocycles. The number of allylic oxidation sites excluding steroid dienone is 1. The Balaban J connectivity index is 2.84. The molecule has 76 valence electrons. The van der Waals surface area contributed by atoms with Crippen molar-refractivity contribution in [2.45, 2.75) is 33.6 Å². The Morgan fingerprint density at radius 2 is 1.64 bits per heavy atom. The van der Waals surface area contributed by atoms with Crippen LogP contribution in [0, 0.1) is 12.8 Å². The molecule has 0 aliphatic carbocycles. The summed E-state index contributed by atoms with van der Waals surface area (Å²) in [6.45, 7) is 12.8. The van der Waals surface area contributed by atoms with Gasteiger partial charge >= 0.3 is 0 Å². The van der Waals surface area contributed by atoms with E-state index in [9.17, 15) is 0 Å². The maximum Gasteiger partial charge on any atom is -0.0128 e. The molecule has 14 heavy (non-hydrogen) atoms. The predicted octanol–water partition coefficient (Wildman–Crippen LogP) is 4.31. The lowest BCUT2D eigenvalue weighted by Crippen LogP contribution is -2.06. The molecule has 0 aromatic heterocycles. The van der Waals surface area contributed by atoms with Gasteiger partial charge in [-0.05, 0) is 31.2 Å². The van der Waals surface area contributed by atoms with Gasteiger partial charge in [0.2, 0.25) is 0 Å². The minimum absolute atomic E-state index is 0.553. The van der Waals surface area contributed by atoms with Crippen molar-refractivity contribution in [1.82, 2.24) is 0 Å². The molecule has 0 N–H and O–H groups in total. The third-order valence-electron chi connectivity index (χ3n) is 3.13. The van der Waals surface area contributed by atoms with E-state index in [0.717, 1.165) is 0 Å². The van der Waals surface area contributed by atoms with Crippen LogP contribution in [0.3, 0.4) is 0 Å². The SMILES string of the molecule is C=C(C)C(C)C(C)c1ccc(C)cc1. The summed E-state index contributed by atoms with van der Waals surface area (Å²) in [6.07, 6.45) is 0. The van der Waals surface area contributed by atoms with Gasteiger partial charge in [0, 0.05) is 0 Å². The summed E-state index contributed by atoms with van der Waals surface area (Å²) in [6, 6.07) is 8.80. The molecule has 0 bridgehead atoms. The second-order valence-corrected chi connectivity index (χ2v) is 4.33. The van der Waals surface area contributed by atoms with Crippen molar-refractivity contribution < 1.29 is 0 Å². The highest BCUT2D eigenvalue weighted by Gasteiger charge is 2.14. The van der Waals surface area contributed by atoms with Crippen LogP contribution in [0.1, 0.15) is 37.8 Å². The van der Waals surface area contributed by atoms with E-state index in [4.69, 9.17) is 0 Å². The summed E-state index contributed by atoms with van der Waals surface area (Å²) in [5.41, 5.74) is 3.99. The van der Waals surface area contributed by atoms with Crippen LogP contribution in [0.15, 0.2) is 36.4 Å². The summed E-state index contributed by atoms with van der Waals surface area (Å²) in [5.74, 6) is 1.12. The Morgan fingerprint density at radius 1 is 1.14 bits per heavy atom. The van der Waals surface area contributed by atoms with E-state index < -0.39 is 0 Å². The zero-order valence-corrected chi connectivity index (χ0v) is 9.67. The minimum Gasteiger partial charge on any atom is -0.0998 e. The Morgan fingerprint density at radius 3 is 2.07 bits per heavy atom. The molecule has 0 fully saturated rings. The van der Waals surface area contributed by atoms with E-state index in [-0.39, 0.29) is 0 Å². The monoisotopic (exact) mass is 188 g/mol. The fraction of sp³-hybridized carbons (Fsp3) is 0.429. The Bertz CT molecular complexity index is 305. The first-order valence-electron chi connectivity index (χ1n) is 5.24. The lowest BCUT2D eigenvalue weighted by atomic mass is 9.85. The van der Waals surface area contributed by atoms with Crippen LogP contribution in [0.4, 0.5) is 0 Å². The summed E-state index contributed by atoms with van der Waals surface area (Å²) in [5, 5.41) is 0. The van der Waals surface area contributed by atoms with Crippen LogP contribution in [0.25, 0.3) is 0 Å². The fourth-order valence-corrected chi connectivity index (χ4v) is 1.59. The average Bonchev–Trinajstić information content (AvgIpc) is 2.16. The van der Waals surface area contributed by atoms with Gasteiger partial charge in [0.05, 0.1) is 0 Å². The smallest absolute Gasteiger partial charge is 0.0128 e. The molecule has 1 aromatic rings. The summed E-state index contributed by atoms with van der Waals surface area (Å²) in [7, 11) is 0. The molecule has 0 amide bonds. The first kappa shape index (κ1) is 11.0. The van der Waals surface area contributed by atoms with E-state index >= 15 is 0 Å². The second-order valence-electron chi connectivity index (χ2n) is 4.33. The third kappa shape index (κ3) is 2.47. The number of hydrogen-bond donors (Lipinski definition) is 0. The standard InChI is InChI=1S/C14H20/c1-10(2)12(4)13(5)14-8-6-11(3)7-9-14/h6-9,12-13H,1H2,2-5H3. The van der Waals surface area contributed by atoms with Crippen molar-refractivity contribution >= 4 is 0 Å². The molecule has 0 nitrogen and oxygen atoms in total. The van der Waals surface area contributed by atoms with Crippen molar-refractivity contribution in [2.24, 2.45) is 5.92 Å². The molecule has 0 saturated heterocycles. The largest absolute Gasteiger partial charge is 0.0998 e. The Hall–Kier alpha value is -1.04. The zero-order chi connectivity index (χ0) is 10.7. The molecule has 0 spiro atoms. The minimum atomic E-state index is 0.553. The molecular weight excluding hydrogens is 168 g/mol. The highest BCUT2D eigenvalue weighted by Crippen LogP contribution is 2.28. The Kier molecular flexibility index (Phi) is 3.51. The number of benzene rings is 1. The van der Waals surface area contributed by atoms with Gasteiger partial charge in [-0.1, -0.05) is 55.8 Å². The molecule has 2 unspecified atom stereocenters. The van der Waals surface area contributed by atoms with Crippen LogP contribution >= 0.6 is 0 Å². The summed E-state index contributed by atoms with van der Waals surface area (Å²) < 4.78 is 0.